The summed E-state index contributed by atoms with van der Waals surface area (Å²) in [6.45, 7) is -1.67. The number of carbonyl (C=O) groups is 1. The summed E-state index contributed by atoms with van der Waals surface area (Å²) in [6.07, 6.45) is 2.05. The first-order valence-electron chi connectivity index (χ1n) is 7.67. The Morgan fingerprint density at radius 2 is 2.04 bits per heavy atom. The molecule has 1 aliphatic heterocycles. The van der Waals surface area contributed by atoms with Crippen LogP contribution in [-0.2, 0) is 0 Å². The molecular formula is C16H21ClF2N2O3. The lowest BCUT2D eigenvalue weighted by atomic mass is 9.98. The minimum Gasteiger partial charge on any atom is -0.493 e. The Morgan fingerprint density at radius 3 is 2.67 bits per heavy atom. The van der Waals surface area contributed by atoms with Crippen LogP contribution in [0.25, 0.3) is 0 Å². The van der Waals surface area contributed by atoms with Crippen LogP contribution in [0.4, 0.5) is 8.78 Å². The molecule has 1 aliphatic carbocycles. The summed E-state index contributed by atoms with van der Waals surface area (Å²) >= 11 is 0. The molecule has 1 amide bonds. The molecule has 2 N–H and O–H groups in total. The number of fused-ring (bicyclic) bond motifs is 1. The fourth-order valence-electron chi connectivity index (χ4n) is 3.65. The van der Waals surface area contributed by atoms with Crippen molar-refractivity contribution in [1.29, 1.82) is 0 Å². The third-order valence-electron chi connectivity index (χ3n) is 4.83. The molecule has 1 heterocycles. The summed E-state index contributed by atoms with van der Waals surface area (Å²) < 4.78 is 34.4. The van der Waals surface area contributed by atoms with Gasteiger partial charge in [0.2, 0.25) is 0 Å². The topological polar surface area (TPSA) is 64.8 Å². The van der Waals surface area contributed by atoms with E-state index in [-0.39, 0.29) is 35.9 Å². The maximum Gasteiger partial charge on any atom is 0.387 e. The number of hydrogen-bond donors (Lipinski definition) is 1. The Balaban J connectivity index is 0.00000208. The molecular weight excluding hydrogens is 342 g/mol. The summed E-state index contributed by atoms with van der Waals surface area (Å²) in [7, 11) is 1.36. The quantitative estimate of drug-likeness (QED) is 0.894. The Hall–Kier alpha value is -1.60. The smallest absolute Gasteiger partial charge is 0.387 e. The number of nitrogens with zero attached hydrogens (tertiary/aromatic N) is 1. The minimum absolute atomic E-state index is 0. The van der Waals surface area contributed by atoms with Crippen molar-refractivity contribution in [3.05, 3.63) is 23.8 Å². The Morgan fingerprint density at radius 1 is 1.29 bits per heavy atom. The van der Waals surface area contributed by atoms with Crippen LogP contribution in [0.1, 0.15) is 23.2 Å². The molecule has 0 radical (unpaired) electrons. The van der Waals surface area contributed by atoms with Crippen LogP contribution in [0.15, 0.2) is 18.2 Å². The number of amides is 1. The Bertz CT molecular complexity index is 603. The van der Waals surface area contributed by atoms with E-state index in [1.165, 1.54) is 19.2 Å². The lowest BCUT2D eigenvalue weighted by Gasteiger charge is -2.19. The van der Waals surface area contributed by atoms with E-state index in [0.717, 1.165) is 12.8 Å². The molecule has 3 rings (SSSR count). The molecule has 3 unspecified atom stereocenters. The number of likely N-dealkylation sites (tertiary alicyclic amines) is 1. The molecule has 1 saturated carbocycles. The fraction of sp³-hybridized carbons (Fsp3) is 0.562. The van der Waals surface area contributed by atoms with Gasteiger partial charge in [-0.1, -0.05) is 0 Å². The minimum atomic E-state index is -2.97. The van der Waals surface area contributed by atoms with E-state index in [2.05, 4.69) is 4.74 Å². The van der Waals surface area contributed by atoms with Crippen molar-refractivity contribution in [1.82, 2.24) is 4.90 Å². The van der Waals surface area contributed by atoms with Crippen molar-refractivity contribution in [2.45, 2.75) is 25.5 Å². The van der Waals surface area contributed by atoms with Crippen LogP contribution in [0.2, 0.25) is 0 Å². The van der Waals surface area contributed by atoms with Gasteiger partial charge >= 0.3 is 6.61 Å². The van der Waals surface area contributed by atoms with E-state index in [1.54, 1.807) is 11.0 Å². The summed E-state index contributed by atoms with van der Waals surface area (Å²) in [5.74, 6) is 0.637. The van der Waals surface area contributed by atoms with E-state index in [4.69, 9.17) is 10.5 Å². The number of hydrogen-bond acceptors (Lipinski definition) is 4. The third kappa shape index (κ3) is 3.57. The molecule has 24 heavy (non-hydrogen) atoms. The van der Waals surface area contributed by atoms with Crippen molar-refractivity contribution < 1.29 is 23.0 Å². The zero-order valence-corrected chi connectivity index (χ0v) is 14.1. The van der Waals surface area contributed by atoms with Gasteiger partial charge in [-0.2, -0.15) is 8.78 Å². The molecule has 2 fully saturated rings. The van der Waals surface area contributed by atoms with Gasteiger partial charge in [-0.25, -0.2) is 0 Å². The number of carbonyl (C=O) groups excluding carboxylic acids is 1. The number of ether oxygens (including phenoxy) is 2. The van der Waals surface area contributed by atoms with Crippen LogP contribution in [-0.4, -0.2) is 43.7 Å². The van der Waals surface area contributed by atoms with Crippen molar-refractivity contribution in [3.8, 4) is 11.5 Å². The Labute approximate surface area is 145 Å². The van der Waals surface area contributed by atoms with Crippen LogP contribution in [0, 0.1) is 11.8 Å². The molecule has 134 valence electrons. The van der Waals surface area contributed by atoms with E-state index in [1.807, 2.05) is 0 Å². The summed E-state index contributed by atoms with van der Waals surface area (Å²) in [6, 6.07) is 4.48. The second-order valence-corrected chi connectivity index (χ2v) is 6.12. The molecule has 0 spiro atoms. The van der Waals surface area contributed by atoms with Gasteiger partial charge in [-0.05, 0) is 42.9 Å². The second-order valence-electron chi connectivity index (χ2n) is 6.12. The molecule has 1 saturated heterocycles. The lowest BCUT2D eigenvalue weighted by Crippen LogP contribution is -2.33. The third-order valence-corrected chi connectivity index (χ3v) is 4.83. The summed E-state index contributed by atoms with van der Waals surface area (Å²) in [5, 5.41) is 0. The van der Waals surface area contributed by atoms with Crippen LogP contribution in [0.3, 0.4) is 0 Å². The molecule has 0 bridgehead atoms. The zero-order chi connectivity index (χ0) is 16.6. The first kappa shape index (κ1) is 18.7. The molecule has 3 atom stereocenters. The predicted molar refractivity (Wildman–Crippen MR) is 87.0 cm³/mol. The van der Waals surface area contributed by atoms with Gasteiger partial charge in [0.25, 0.3) is 5.91 Å². The molecule has 5 nitrogen and oxygen atoms in total. The van der Waals surface area contributed by atoms with E-state index in [9.17, 15) is 13.6 Å². The maximum atomic E-state index is 12.6. The molecule has 8 heteroatoms. The molecule has 1 aromatic rings. The van der Waals surface area contributed by atoms with E-state index >= 15 is 0 Å². The molecule has 2 aliphatic rings. The van der Waals surface area contributed by atoms with Crippen molar-refractivity contribution in [3.63, 3.8) is 0 Å². The van der Waals surface area contributed by atoms with Crippen LogP contribution in [0.5, 0.6) is 11.5 Å². The van der Waals surface area contributed by atoms with Gasteiger partial charge in [0.1, 0.15) is 0 Å². The highest BCUT2D eigenvalue weighted by Crippen LogP contribution is 2.38. The van der Waals surface area contributed by atoms with Gasteiger partial charge in [-0.3, -0.25) is 4.79 Å². The molecule has 0 aromatic heterocycles. The highest BCUT2D eigenvalue weighted by Gasteiger charge is 2.42. The zero-order valence-electron chi connectivity index (χ0n) is 13.3. The fourth-order valence-corrected chi connectivity index (χ4v) is 3.65. The number of nitrogens with two attached hydrogens (primary N) is 1. The van der Waals surface area contributed by atoms with Gasteiger partial charge < -0.3 is 20.1 Å². The Kier molecular flexibility index (Phi) is 5.87. The monoisotopic (exact) mass is 362 g/mol. The second kappa shape index (κ2) is 7.53. The summed E-state index contributed by atoms with van der Waals surface area (Å²) in [5.41, 5.74) is 6.39. The normalized spacial score (nSPS) is 25.4. The number of alkyl halides is 2. The first-order chi connectivity index (χ1) is 11.0. The van der Waals surface area contributed by atoms with E-state index in [0.29, 0.717) is 30.5 Å². The number of halogens is 3. The van der Waals surface area contributed by atoms with Crippen LogP contribution >= 0.6 is 12.4 Å². The van der Waals surface area contributed by atoms with Gasteiger partial charge in [0, 0.05) is 24.7 Å². The number of rotatable bonds is 4. The van der Waals surface area contributed by atoms with Gasteiger partial charge in [0.05, 0.1) is 7.11 Å². The van der Waals surface area contributed by atoms with Crippen molar-refractivity contribution in [2.24, 2.45) is 17.6 Å². The summed E-state index contributed by atoms with van der Waals surface area (Å²) in [4.78, 5) is 14.4. The van der Waals surface area contributed by atoms with Gasteiger partial charge in [0.15, 0.2) is 11.5 Å². The van der Waals surface area contributed by atoms with Crippen molar-refractivity contribution in [2.75, 3.05) is 20.2 Å². The number of methoxy groups -OCH3 is 1. The SMILES string of the molecule is COc1ccc(C(=O)N2CC3CCC(N)C3C2)cc1OC(F)F.Cl. The maximum absolute atomic E-state index is 12.6. The van der Waals surface area contributed by atoms with Gasteiger partial charge in [-0.15, -0.1) is 12.4 Å². The first-order valence-corrected chi connectivity index (χ1v) is 7.67. The van der Waals surface area contributed by atoms with Crippen molar-refractivity contribution >= 4 is 18.3 Å². The average molecular weight is 363 g/mol. The largest absolute Gasteiger partial charge is 0.493 e. The number of benzene rings is 1. The standard InChI is InChI=1S/C16H20F2N2O3.ClH/c1-22-13-5-3-9(6-14(13)23-16(17)18)15(21)20-7-10-2-4-12(19)11(10)8-20;/h3,5-6,10-12,16H,2,4,7-8,19H2,1H3;1H. The molecule has 1 aromatic carbocycles. The predicted octanol–water partition coefficient (Wildman–Crippen LogP) is 2.53. The average Bonchev–Trinajstić information content (AvgIpc) is 3.08. The lowest BCUT2D eigenvalue weighted by molar-refractivity contribution is -0.0512. The van der Waals surface area contributed by atoms with E-state index < -0.39 is 6.61 Å². The highest BCUT2D eigenvalue weighted by molar-refractivity contribution is 5.95. The van der Waals surface area contributed by atoms with Crippen LogP contribution < -0.4 is 15.2 Å². The highest BCUT2D eigenvalue weighted by atomic mass is 35.5.